The molecule has 0 atom stereocenters. The number of fused-ring (bicyclic) bond motifs is 1. The summed E-state index contributed by atoms with van der Waals surface area (Å²) in [5.74, 6) is 0. The van der Waals surface area contributed by atoms with Crippen LogP contribution in [0.25, 0.3) is 10.8 Å². The van der Waals surface area contributed by atoms with Crippen molar-refractivity contribution in [1.82, 2.24) is 0 Å². The van der Waals surface area contributed by atoms with Gasteiger partial charge >= 0.3 is 0 Å². The largest absolute Gasteiger partial charge is 0.302 e. The molecule has 0 N–H and O–H groups in total. The monoisotopic (exact) mass is 274 g/mol. The van der Waals surface area contributed by atoms with Gasteiger partial charge in [-0.2, -0.15) is 0 Å². The summed E-state index contributed by atoms with van der Waals surface area (Å²) >= 11 is 3.55. The first-order valence-corrected chi connectivity index (χ1v) is 6.20. The fourth-order valence-corrected chi connectivity index (χ4v) is 2.65. The number of hydrogen-bond acceptors (Lipinski definition) is 1. The molecule has 0 heterocycles. The lowest BCUT2D eigenvalue weighted by Crippen LogP contribution is -2.07. The second-order valence-electron chi connectivity index (χ2n) is 4.45. The zero-order chi connectivity index (χ0) is 11.2. The maximum absolute atomic E-state index is 11.1. The number of carbonyl (C=O) groups is 1. The maximum atomic E-state index is 11.1. The number of carbonyl (C=O) groups excluding carboxylic acids is 1. The average molecular weight is 275 g/mol. The Hall–Kier alpha value is -1.15. The number of halogens is 1. The van der Waals surface area contributed by atoms with Crippen LogP contribution in [0.4, 0.5) is 0 Å². The number of hydrogen-bond donors (Lipinski definition) is 0. The van der Waals surface area contributed by atoms with Gasteiger partial charge in [0.15, 0.2) is 0 Å². The van der Waals surface area contributed by atoms with E-state index >= 15 is 0 Å². The summed E-state index contributed by atoms with van der Waals surface area (Å²) in [5, 5.41) is 2.40. The van der Waals surface area contributed by atoms with E-state index in [1.807, 2.05) is 12.1 Å². The van der Waals surface area contributed by atoms with Crippen LogP contribution in [0.5, 0.6) is 0 Å². The molecule has 1 aliphatic rings. The molecule has 1 saturated carbocycles. The van der Waals surface area contributed by atoms with Gasteiger partial charge < -0.3 is 4.79 Å². The third-order valence-corrected chi connectivity index (χ3v) is 4.11. The first-order chi connectivity index (χ1) is 7.75. The minimum Gasteiger partial charge on any atom is -0.302 e. The van der Waals surface area contributed by atoms with Crippen LogP contribution in [0, 0.1) is 0 Å². The minimum atomic E-state index is -0.177. The Morgan fingerprint density at radius 2 is 2.00 bits per heavy atom. The van der Waals surface area contributed by atoms with Crippen LogP contribution in [0.3, 0.4) is 0 Å². The highest BCUT2D eigenvalue weighted by Gasteiger charge is 2.44. The summed E-state index contributed by atoms with van der Waals surface area (Å²) in [6.45, 7) is 0. The van der Waals surface area contributed by atoms with E-state index in [-0.39, 0.29) is 5.41 Å². The third kappa shape index (κ3) is 1.40. The van der Waals surface area contributed by atoms with E-state index in [2.05, 4.69) is 40.2 Å². The predicted octanol–water partition coefficient (Wildman–Crippen LogP) is 3.83. The highest BCUT2D eigenvalue weighted by molar-refractivity contribution is 9.10. The Labute approximate surface area is 103 Å². The van der Waals surface area contributed by atoms with Crippen LogP contribution >= 0.6 is 15.9 Å². The van der Waals surface area contributed by atoms with E-state index in [9.17, 15) is 4.79 Å². The number of benzene rings is 2. The molecule has 0 unspecified atom stereocenters. The van der Waals surface area contributed by atoms with E-state index < -0.39 is 0 Å². The standard InChI is InChI=1S/C14H11BrO/c15-13-3-1-2-10-4-5-11(8-12(10)13)14(9-16)6-7-14/h1-5,8-9H,6-7H2. The van der Waals surface area contributed by atoms with Crippen molar-refractivity contribution in [1.29, 1.82) is 0 Å². The van der Waals surface area contributed by atoms with Gasteiger partial charge in [-0.25, -0.2) is 0 Å². The molecule has 2 aromatic carbocycles. The molecule has 2 aromatic rings. The maximum Gasteiger partial charge on any atom is 0.130 e. The molecule has 0 aromatic heterocycles. The highest BCUT2D eigenvalue weighted by atomic mass is 79.9. The minimum absolute atomic E-state index is 0.177. The van der Waals surface area contributed by atoms with Crippen molar-refractivity contribution in [2.24, 2.45) is 0 Å². The van der Waals surface area contributed by atoms with Gasteiger partial charge in [0, 0.05) is 4.47 Å². The summed E-state index contributed by atoms with van der Waals surface area (Å²) in [6, 6.07) is 12.5. The molecule has 3 rings (SSSR count). The van der Waals surface area contributed by atoms with Gasteiger partial charge in [0.2, 0.25) is 0 Å². The summed E-state index contributed by atoms with van der Waals surface area (Å²) in [6.07, 6.45) is 3.09. The van der Waals surface area contributed by atoms with Crippen LogP contribution in [0.15, 0.2) is 40.9 Å². The van der Waals surface area contributed by atoms with Crippen LogP contribution in [0.1, 0.15) is 18.4 Å². The zero-order valence-electron chi connectivity index (χ0n) is 8.74. The first-order valence-electron chi connectivity index (χ1n) is 5.40. The fourth-order valence-electron chi connectivity index (χ4n) is 2.15. The first kappa shape index (κ1) is 10.0. The Bertz CT molecular complexity index is 570. The molecular formula is C14H11BrO. The van der Waals surface area contributed by atoms with E-state index in [0.717, 1.165) is 29.2 Å². The van der Waals surface area contributed by atoms with Crippen molar-refractivity contribution in [3.63, 3.8) is 0 Å². The lowest BCUT2D eigenvalue weighted by atomic mass is 9.95. The summed E-state index contributed by atoms with van der Waals surface area (Å²) in [7, 11) is 0. The van der Waals surface area contributed by atoms with E-state index in [0.29, 0.717) is 0 Å². The van der Waals surface area contributed by atoms with Gasteiger partial charge in [-0.1, -0.05) is 40.2 Å². The molecular weight excluding hydrogens is 264 g/mol. The highest BCUT2D eigenvalue weighted by Crippen LogP contribution is 2.47. The lowest BCUT2D eigenvalue weighted by molar-refractivity contribution is -0.109. The molecule has 2 heteroatoms. The van der Waals surface area contributed by atoms with Crippen LogP contribution in [-0.2, 0) is 10.2 Å². The van der Waals surface area contributed by atoms with Crippen molar-refractivity contribution < 1.29 is 4.79 Å². The molecule has 1 fully saturated rings. The topological polar surface area (TPSA) is 17.1 Å². The molecule has 0 amide bonds. The van der Waals surface area contributed by atoms with Gasteiger partial charge in [-0.15, -0.1) is 0 Å². The SMILES string of the molecule is O=CC1(c2ccc3cccc(Br)c3c2)CC1. The van der Waals surface area contributed by atoms with Crippen molar-refractivity contribution in [2.45, 2.75) is 18.3 Å². The molecule has 16 heavy (non-hydrogen) atoms. The van der Waals surface area contributed by atoms with Gasteiger partial charge in [0.25, 0.3) is 0 Å². The van der Waals surface area contributed by atoms with E-state index in [1.54, 1.807) is 0 Å². The van der Waals surface area contributed by atoms with Crippen LogP contribution < -0.4 is 0 Å². The molecule has 0 aliphatic heterocycles. The number of rotatable bonds is 2. The molecule has 0 spiro atoms. The molecule has 0 radical (unpaired) electrons. The number of aldehydes is 1. The Balaban J connectivity index is 2.23. The fraction of sp³-hybridized carbons (Fsp3) is 0.214. The van der Waals surface area contributed by atoms with E-state index in [1.165, 1.54) is 10.8 Å². The third-order valence-electron chi connectivity index (χ3n) is 3.42. The zero-order valence-corrected chi connectivity index (χ0v) is 10.3. The lowest BCUT2D eigenvalue weighted by Gasteiger charge is -2.09. The Morgan fingerprint density at radius 3 is 2.69 bits per heavy atom. The molecule has 0 bridgehead atoms. The van der Waals surface area contributed by atoms with E-state index in [4.69, 9.17) is 0 Å². The Kier molecular flexibility index (Phi) is 2.15. The van der Waals surface area contributed by atoms with Gasteiger partial charge in [-0.3, -0.25) is 0 Å². The van der Waals surface area contributed by atoms with Crippen molar-refractivity contribution >= 4 is 33.0 Å². The second kappa shape index (κ2) is 3.42. The van der Waals surface area contributed by atoms with Gasteiger partial charge in [0.05, 0.1) is 5.41 Å². The summed E-state index contributed by atoms with van der Waals surface area (Å²) in [4.78, 5) is 11.1. The van der Waals surface area contributed by atoms with Crippen molar-refractivity contribution in [2.75, 3.05) is 0 Å². The molecule has 1 nitrogen and oxygen atoms in total. The summed E-state index contributed by atoms with van der Waals surface area (Å²) in [5.41, 5.74) is 0.977. The van der Waals surface area contributed by atoms with Gasteiger partial charge in [-0.05, 0) is 41.3 Å². The second-order valence-corrected chi connectivity index (χ2v) is 5.30. The summed E-state index contributed by atoms with van der Waals surface area (Å²) < 4.78 is 1.09. The predicted molar refractivity (Wildman–Crippen MR) is 68.6 cm³/mol. The quantitative estimate of drug-likeness (QED) is 0.761. The molecule has 0 saturated heterocycles. The van der Waals surface area contributed by atoms with Crippen LogP contribution in [0.2, 0.25) is 0 Å². The molecule has 80 valence electrons. The smallest absolute Gasteiger partial charge is 0.130 e. The van der Waals surface area contributed by atoms with Gasteiger partial charge in [0.1, 0.15) is 6.29 Å². The normalized spacial score (nSPS) is 17.3. The van der Waals surface area contributed by atoms with Crippen molar-refractivity contribution in [3.8, 4) is 0 Å². The van der Waals surface area contributed by atoms with Crippen LogP contribution in [-0.4, -0.2) is 6.29 Å². The van der Waals surface area contributed by atoms with Crippen molar-refractivity contribution in [3.05, 3.63) is 46.4 Å². The Morgan fingerprint density at radius 1 is 1.19 bits per heavy atom. The average Bonchev–Trinajstić information content (AvgIpc) is 3.10. The molecule has 1 aliphatic carbocycles.